The van der Waals surface area contributed by atoms with E-state index in [4.69, 9.17) is 5.26 Å². The van der Waals surface area contributed by atoms with Crippen LogP contribution in [0.25, 0.3) is 11.0 Å². The van der Waals surface area contributed by atoms with Gasteiger partial charge in [0, 0.05) is 6.04 Å². The molecule has 3 rings (SSSR count). The Morgan fingerprint density at radius 1 is 1.00 bits per heavy atom. The number of benzene rings is 1. The first kappa shape index (κ1) is 12.7. The Morgan fingerprint density at radius 2 is 1.65 bits per heavy atom. The van der Waals surface area contributed by atoms with Gasteiger partial charge in [-0.2, -0.15) is 5.26 Å². The Morgan fingerprint density at radius 3 is 2.30 bits per heavy atom. The van der Waals surface area contributed by atoms with E-state index in [0.717, 1.165) is 30.3 Å². The number of nitrogens with zero attached hydrogens (tertiary/aromatic N) is 3. The van der Waals surface area contributed by atoms with Crippen LogP contribution in [0.15, 0.2) is 33.9 Å². The lowest BCUT2D eigenvalue weighted by atomic mass is 9.95. The fraction of sp³-hybridized carbons (Fsp3) is 0.400. The maximum Gasteiger partial charge on any atom is 0.330 e. The fourth-order valence-electron chi connectivity index (χ4n) is 3.08. The highest BCUT2D eigenvalue weighted by Gasteiger charge is 2.21. The monoisotopic (exact) mass is 269 g/mol. The summed E-state index contributed by atoms with van der Waals surface area (Å²) in [6, 6.07) is 7.18. The third-order valence-electron chi connectivity index (χ3n) is 4.03. The normalized spacial score (nSPS) is 16.1. The molecule has 20 heavy (non-hydrogen) atoms. The maximum atomic E-state index is 12.3. The first-order valence-corrected chi connectivity index (χ1v) is 6.90. The minimum atomic E-state index is -0.753. The summed E-state index contributed by atoms with van der Waals surface area (Å²) in [7, 11) is 0. The molecule has 0 bridgehead atoms. The van der Waals surface area contributed by atoms with E-state index in [0.29, 0.717) is 11.0 Å². The number of fused-ring (bicyclic) bond motifs is 1. The molecule has 0 spiro atoms. The summed E-state index contributed by atoms with van der Waals surface area (Å²) in [5, 5.41) is 9.11. The molecule has 0 unspecified atom stereocenters. The van der Waals surface area contributed by atoms with Gasteiger partial charge in [-0.3, -0.25) is 14.2 Å². The van der Waals surface area contributed by atoms with E-state index in [-0.39, 0.29) is 6.04 Å². The number of para-hydroxylation sites is 2. The highest BCUT2D eigenvalue weighted by atomic mass is 16.2. The van der Waals surface area contributed by atoms with Gasteiger partial charge in [-0.15, -0.1) is 0 Å². The molecule has 0 N–H and O–H groups in total. The van der Waals surface area contributed by atoms with Crippen LogP contribution in [0.5, 0.6) is 0 Å². The molecule has 1 aromatic heterocycles. The second-order valence-electron chi connectivity index (χ2n) is 5.20. The molecule has 5 heteroatoms. The Labute approximate surface area is 115 Å². The van der Waals surface area contributed by atoms with Crippen LogP contribution in [0.1, 0.15) is 38.1 Å². The number of hydrogen-bond acceptors (Lipinski definition) is 3. The molecule has 1 aliphatic carbocycles. The number of nitriles is 1. The van der Waals surface area contributed by atoms with Gasteiger partial charge in [-0.1, -0.05) is 31.4 Å². The summed E-state index contributed by atoms with van der Waals surface area (Å²) in [5.74, 6) is 0. The van der Waals surface area contributed by atoms with Crippen LogP contribution in [0, 0.1) is 11.5 Å². The summed E-state index contributed by atoms with van der Waals surface area (Å²) in [4.78, 5) is 24.4. The van der Waals surface area contributed by atoms with E-state index < -0.39 is 11.1 Å². The van der Waals surface area contributed by atoms with Gasteiger partial charge in [0.1, 0.15) is 0 Å². The zero-order valence-electron chi connectivity index (χ0n) is 11.1. The molecule has 0 saturated heterocycles. The van der Waals surface area contributed by atoms with Crippen molar-refractivity contribution in [2.75, 3.05) is 0 Å². The Balaban J connectivity index is 2.37. The van der Waals surface area contributed by atoms with Crippen molar-refractivity contribution in [1.82, 2.24) is 9.13 Å². The molecule has 1 aliphatic rings. The molecule has 1 heterocycles. The van der Waals surface area contributed by atoms with Crippen molar-refractivity contribution in [2.45, 2.75) is 38.1 Å². The van der Waals surface area contributed by atoms with Gasteiger partial charge >= 0.3 is 11.1 Å². The lowest BCUT2D eigenvalue weighted by molar-refractivity contribution is 0.352. The Bertz CT molecular complexity index is 804. The second-order valence-corrected chi connectivity index (χ2v) is 5.20. The van der Waals surface area contributed by atoms with Crippen LogP contribution in [0.3, 0.4) is 0 Å². The zero-order valence-corrected chi connectivity index (χ0v) is 11.1. The van der Waals surface area contributed by atoms with Crippen LogP contribution >= 0.6 is 0 Å². The topological polar surface area (TPSA) is 67.8 Å². The minimum Gasteiger partial charge on any atom is -0.299 e. The van der Waals surface area contributed by atoms with Crippen molar-refractivity contribution in [2.24, 2.45) is 0 Å². The molecular weight excluding hydrogens is 254 g/mol. The van der Waals surface area contributed by atoms with Crippen molar-refractivity contribution in [3.05, 3.63) is 45.0 Å². The summed E-state index contributed by atoms with van der Waals surface area (Å²) >= 11 is 0. The summed E-state index contributed by atoms with van der Waals surface area (Å²) < 4.78 is 2.49. The summed E-state index contributed by atoms with van der Waals surface area (Å²) in [6.45, 7) is 0. The molecular formula is C15H15N3O2. The first-order valence-electron chi connectivity index (χ1n) is 6.90. The predicted octanol–water partition coefficient (Wildman–Crippen LogP) is 2.00. The van der Waals surface area contributed by atoms with Crippen molar-refractivity contribution < 1.29 is 0 Å². The highest BCUT2D eigenvalue weighted by molar-refractivity contribution is 5.76. The third-order valence-corrected chi connectivity index (χ3v) is 4.03. The van der Waals surface area contributed by atoms with Crippen molar-refractivity contribution in [1.29, 1.82) is 5.26 Å². The third kappa shape index (κ3) is 1.85. The van der Waals surface area contributed by atoms with Crippen LogP contribution in [0.4, 0.5) is 0 Å². The van der Waals surface area contributed by atoms with Gasteiger partial charge in [0.05, 0.1) is 11.0 Å². The predicted molar refractivity (Wildman–Crippen MR) is 75.6 cm³/mol. The molecule has 2 aromatic rings. The van der Waals surface area contributed by atoms with Crippen LogP contribution in [0.2, 0.25) is 0 Å². The fourth-order valence-corrected chi connectivity index (χ4v) is 3.08. The molecule has 0 aliphatic heterocycles. The number of hydrogen-bond donors (Lipinski definition) is 0. The SMILES string of the molecule is N#Cn1c(=O)c(=O)n(C2CCCCC2)c2ccccc21. The molecule has 5 nitrogen and oxygen atoms in total. The minimum absolute atomic E-state index is 0.0715. The second kappa shape index (κ2) is 4.97. The van der Waals surface area contributed by atoms with Crippen LogP contribution < -0.4 is 11.1 Å². The molecule has 0 amide bonds. The molecule has 1 aromatic carbocycles. The largest absolute Gasteiger partial charge is 0.330 e. The molecule has 1 fully saturated rings. The van der Waals surface area contributed by atoms with Crippen molar-refractivity contribution in [3.63, 3.8) is 0 Å². The average molecular weight is 269 g/mol. The van der Waals surface area contributed by atoms with Gasteiger partial charge in [0.15, 0.2) is 6.19 Å². The molecule has 0 radical (unpaired) electrons. The highest BCUT2D eigenvalue weighted by Crippen LogP contribution is 2.28. The molecule has 0 atom stereocenters. The van der Waals surface area contributed by atoms with E-state index in [9.17, 15) is 9.59 Å². The van der Waals surface area contributed by atoms with E-state index >= 15 is 0 Å². The Kier molecular flexibility index (Phi) is 3.15. The first-order chi connectivity index (χ1) is 9.74. The summed E-state index contributed by atoms with van der Waals surface area (Å²) in [5.41, 5.74) is -0.162. The smallest absolute Gasteiger partial charge is 0.299 e. The van der Waals surface area contributed by atoms with E-state index in [2.05, 4.69) is 0 Å². The van der Waals surface area contributed by atoms with E-state index in [1.165, 1.54) is 6.42 Å². The van der Waals surface area contributed by atoms with Crippen LogP contribution in [-0.4, -0.2) is 9.13 Å². The van der Waals surface area contributed by atoms with Gasteiger partial charge in [0.2, 0.25) is 0 Å². The van der Waals surface area contributed by atoms with Gasteiger partial charge in [-0.05, 0) is 25.0 Å². The van der Waals surface area contributed by atoms with Crippen molar-refractivity contribution in [3.8, 4) is 6.19 Å². The van der Waals surface area contributed by atoms with Crippen molar-refractivity contribution >= 4 is 11.0 Å². The zero-order chi connectivity index (χ0) is 14.1. The van der Waals surface area contributed by atoms with Gasteiger partial charge in [-0.25, -0.2) is 4.57 Å². The Hall–Kier alpha value is -2.35. The molecule has 102 valence electrons. The van der Waals surface area contributed by atoms with Crippen LogP contribution in [-0.2, 0) is 0 Å². The van der Waals surface area contributed by atoms with Gasteiger partial charge < -0.3 is 0 Å². The quantitative estimate of drug-likeness (QED) is 0.743. The molecule has 1 saturated carbocycles. The van der Waals surface area contributed by atoms with Gasteiger partial charge in [0.25, 0.3) is 0 Å². The lowest BCUT2D eigenvalue weighted by Crippen LogP contribution is -2.42. The average Bonchev–Trinajstić information content (AvgIpc) is 2.50. The lowest BCUT2D eigenvalue weighted by Gasteiger charge is -2.25. The van der Waals surface area contributed by atoms with E-state index in [1.807, 2.05) is 6.07 Å². The maximum absolute atomic E-state index is 12.3. The summed E-state index contributed by atoms with van der Waals surface area (Å²) in [6.07, 6.45) is 6.96. The number of rotatable bonds is 1. The standard InChI is InChI=1S/C15H15N3O2/c16-10-17-12-8-4-5-9-13(12)18(15(20)14(17)19)11-6-2-1-3-7-11/h4-5,8-9,11H,1-3,6-7H2. The van der Waals surface area contributed by atoms with E-state index in [1.54, 1.807) is 29.0 Å². The number of aromatic nitrogens is 2.